The van der Waals surface area contributed by atoms with Crippen LogP contribution >= 0.6 is 0 Å². The molecule has 0 aliphatic carbocycles. The fourth-order valence-corrected chi connectivity index (χ4v) is 2.79. The first-order valence-electron chi connectivity index (χ1n) is 9.55. The van der Waals surface area contributed by atoms with Crippen molar-refractivity contribution >= 4 is 29.0 Å². The number of carbonyl (C=O) groups is 2. The Hall–Kier alpha value is -3.27. The number of benzene rings is 1. The molecule has 1 aromatic heterocycles. The fourth-order valence-electron chi connectivity index (χ4n) is 2.79. The van der Waals surface area contributed by atoms with Crippen molar-refractivity contribution in [2.75, 3.05) is 30.4 Å². The number of hydrogen-bond donors (Lipinski definition) is 4. The predicted molar refractivity (Wildman–Crippen MR) is 108 cm³/mol. The molecule has 0 saturated heterocycles. The molecule has 1 aliphatic rings. The van der Waals surface area contributed by atoms with E-state index < -0.39 is 0 Å². The van der Waals surface area contributed by atoms with Gasteiger partial charge >= 0.3 is 0 Å². The molecule has 154 valence electrons. The number of nitrogens with one attached hydrogen (secondary N) is 3. The number of nitrogens with zero attached hydrogens (tertiary/aromatic N) is 3. The number of rotatable bonds is 9. The zero-order chi connectivity index (χ0) is 20.6. The maximum atomic E-state index is 12.2. The lowest BCUT2D eigenvalue weighted by Gasteiger charge is -2.15. The number of fused-ring (bicyclic) bond motifs is 1. The summed E-state index contributed by atoms with van der Waals surface area (Å²) in [4.78, 5) is 28.6. The van der Waals surface area contributed by atoms with Crippen molar-refractivity contribution in [1.82, 2.24) is 15.4 Å². The van der Waals surface area contributed by atoms with Gasteiger partial charge in [-0.3, -0.25) is 14.6 Å². The number of ketones is 1. The molecule has 0 unspecified atom stereocenters. The highest BCUT2D eigenvalue weighted by molar-refractivity contribution is 6.15. The van der Waals surface area contributed by atoms with Crippen molar-refractivity contribution in [3.63, 3.8) is 0 Å². The molecule has 0 fully saturated rings. The average Bonchev–Trinajstić information content (AvgIpc) is 3.12. The second-order valence-corrected chi connectivity index (χ2v) is 6.52. The molecule has 1 amide bonds. The number of H-pyrrole nitrogens is 1. The zero-order valence-corrected chi connectivity index (χ0v) is 16.2. The van der Waals surface area contributed by atoms with Crippen molar-refractivity contribution < 1.29 is 19.4 Å². The molecule has 3 rings (SSSR count). The van der Waals surface area contributed by atoms with Gasteiger partial charge in [-0.1, -0.05) is 6.92 Å². The highest BCUT2D eigenvalue weighted by Crippen LogP contribution is 2.26. The second kappa shape index (κ2) is 9.78. The van der Waals surface area contributed by atoms with Gasteiger partial charge in [0.15, 0.2) is 11.5 Å². The fraction of sp³-hybridized carbons (Fsp3) is 0.421. The lowest BCUT2D eigenvalue weighted by atomic mass is 10.1. The third-order valence-corrected chi connectivity index (χ3v) is 4.22. The number of amidine groups is 1. The number of Topliss-reactive ketones (excluding diaryl/α,β-unsaturated/α-hetero) is 1. The first-order valence-corrected chi connectivity index (χ1v) is 9.55. The number of anilines is 2. The Morgan fingerprint density at radius 1 is 1.31 bits per heavy atom. The molecule has 10 heteroatoms. The van der Waals surface area contributed by atoms with E-state index in [9.17, 15) is 9.59 Å². The van der Waals surface area contributed by atoms with Gasteiger partial charge < -0.3 is 20.5 Å². The number of aliphatic hydroxyl groups excluding tert-OH is 1. The Balaban J connectivity index is 1.86. The molecular formula is C19H24N6O4. The molecule has 2 heterocycles. The van der Waals surface area contributed by atoms with E-state index in [-0.39, 0.29) is 30.5 Å². The number of carbonyl (C=O) groups excluding carboxylic acids is 2. The minimum absolute atomic E-state index is 0.0646. The van der Waals surface area contributed by atoms with E-state index >= 15 is 0 Å². The number of hydrogen-bond acceptors (Lipinski definition) is 8. The first-order chi connectivity index (χ1) is 14.1. The zero-order valence-electron chi connectivity index (χ0n) is 16.2. The molecule has 0 saturated carbocycles. The minimum atomic E-state index is -0.249. The van der Waals surface area contributed by atoms with Gasteiger partial charge in [0, 0.05) is 18.7 Å². The summed E-state index contributed by atoms with van der Waals surface area (Å²) >= 11 is 0. The molecular weight excluding hydrogens is 376 g/mol. The number of aromatic nitrogens is 3. The summed E-state index contributed by atoms with van der Waals surface area (Å²) in [6.45, 7) is 2.51. The number of aromatic amines is 1. The van der Waals surface area contributed by atoms with Crippen LogP contribution in [-0.4, -0.2) is 57.8 Å². The lowest BCUT2D eigenvalue weighted by molar-refractivity contribution is -0.116. The summed E-state index contributed by atoms with van der Waals surface area (Å²) < 4.78 is 5.83. The second-order valence-electron chi connectivity index (χ2n) is 6.52. The van der Waals surface area contributed by atoms with Crippen LogP contribution in [-0.2, 0) is 4.79 Å². The number of aliphatic hydroxyl groups is 1. The van der Waals surface area contributed by atoms with Crippen LogP contribution in [0.1, 0.15) is 48.7 Å². The summed E-state index contributed by atoms with van der Waals surface area (Å²) in [5, 5.41) is 25.0. The van der Waals surface area contributed by atoms with Gasteiger partial charge in [-0.05, 0) is 37.5 Å². The SMILES string of the molecule is CCCOc1ccc(NC(=O)CCCCO)cc1C1=NCC(=O)c2n[nH]nc2N1. The van der Waals surface area contributed by atoms with Crippen LogP contribution in [0, 0.1) is 0 Å². The third kappa shape index (κ3) is 5.17. The van der Waals surface area contributed by atoms with Gasteiger partial charge in [-0.2, -0.15) is 10.3 Å². The predicted octanol–water partition coefficient (Wildman–Crippen LogP) is 1.75. The highest BCUT2D eigenvalue weighted by atomic mass is 16.5. The van der Waals surface area contributed by atoms with E-state index in [1.807, 2.05) is 6.92 Å². The molecule has 1 aromatic carbocycles. The Labute approximate surface area is 167 Å². The number of aliphatic imine (C=N–C) groups is 1. The van der Waals surface area contributed by atoms with Crippen LogP contribution in [0.4, 0.5) is 11.5 Å². The standard InChI is InChI=1S/C19H24N6O4/c1-2-9-29-15-7-6-12(21-16(28)5-3-4-8-26)10-13(15)18-20-11-14(27)17-19(22-18)24-25-23-17/h6-7,10,26H,2-5,8-9,11H2,1H3,(H,21,28)(H2,20,22,23,24,25). The maximum absolute atomic E-state index is 12.2. The van der Waals surface area contributed by atoms with Gasteiger partial charge in [0.25, 0.3) is 0 Å². The quantitative estimate of drug-likeness (QED) is 0.470. The Morgan fingerprint density at radius 3 is 2.97 bits per heavy atom. The maximum Gasteiger partial charge on any atom is 0.224 e. The molecule has 0 atom stereocenters. The van der Waals surface area contributed by atoms with Crippen LogP contribution in [0.3, 0.4) is 0 Å². The van der Waals surface area contributed by atoms with Crippen molar-refractivity contribution in [3.8, 4) is 5.75 Å². The van der Waals surface area contributed by atoms with E-state index in [2.05, 4.69) is 31.0 Å². The van der Waals surface area contributed by atoms with Crippen molar-refractivity contribution in [3.05, 3.63) is 29.5 Å². The summed E-state index contributed by atoms with van der Waals surface area (Å²) in [6.07, 6.45) is 2.34. The van der Waals surface area contributed by atoms with Gasteiger partial charge in [-0.15, -0.1) is 5.10 Å². The third-order valence-electron chi connectivity index (χ3n) is 4.22. The van der Waals surface area contributed by atoms with Crippen LogP contribution < -0.4 is 15.4 Å². The van der Waals surface area contributed by atoms with Gasteiger partial charge in [0.1, 0.15) is 18.1 Å². The van der Waals surface area contributed by atoms with Crippen LogP contribution in [0.15, 0.2) is 23.2 Å². The minimum Gasteiger partial charge on any atom is -0.493 e. The van der Waals surface area contributed by atoms with Crippen molar-refractivity contribution in [2.24, 2.45) is 4.99 Å². The van der Waals surface area contributed by atoms with E-state index in [0.717, 1.165) is 6.42 Å². The molecule has 1 aliphatic heterocycles. The molecule has 0 spiro atoms. The van der Waals surface area contributed by atoms with E-state index in [4.69, 9.17) is 9.84 Å². The van der Waals surface area contributed by atoms with Crippen LogP contribution in [0.5, 0.6) is 5.75 Å². The summed E-state index contributed by atoms with van der Waals surface area (Å²) in [7, 11) is 0. The van der Waals surface area contributed by atoms with E-state index in [1.54, 1.807) is 18.2 Å². The van der Waals surface area contributed by atoms with Crippen LogP contribution in [0.25, 0.3) is 0 Å². The average molecular weight is 400 g/mol. The van der Waals surface area contributed by atoms with E-state index in [1.165, 1.54) is 0 Å². The molecule has 0 radical (unpaired) electrons. The normalized spacial score (nSPS) is 13.2. The summed E-state index contributed by atoms with van der Waals surface area (Å²) in [6, 6.07) is 5.26. The Bertz CT molecular complexity index is 908. The Kier molecular flexibility index (Phi) is 6.90. The van der Waals surface area contributed by atoms with Gasteiger partial charge in [-0.25, -0.2) is 0 Å². The van der Waals surface area contributed by atoms with E-state index in [0.29, 0.717) is 54.5 Å². The Morgan fingerprint density at radius 2 is 2.17 bits per heavy atom. The molecule has 2 aromatic rings. The summed E-state index contributed by atoms with van der Waals surface area (Å²) in [5.74, 6) is 0.896. The van der Waals surface area contributed by atoms with Gasteiger partial charge in [0.05, 0.1) is 12.2 Å². The molecule has 4 N–H and O–H groups in total. The number of ether oxygens (including phenoxy) is 1. The molecule has 29 heavy (non-hydrogen) atoms. The van der Waals surface area contributed by atoms with Gasteiger partial charge in [0.2, 0.25) is 11.7 Å². The summed E-state index contributed by atoms with van der Waals surface area (Å²) in [5.41, 5.74) is 1.39. The smallest absolute Gasteiger partial charge is 0.224 e. The number of amides is 1. The number of unbranched alkanes of at least 4 members (excludes halogenated alkanes) is 1. The molecule has 0 bridgehead atoms. The van der Waals surface area contributed by atoms with Crippen LogP contribution in [0.2, 0.25) is 0 Å². The topological polar surface area (TPSA) is 142 Å². The van der Waals surface area contributed by atoms with Crippen molar-refractivity contribution in [1.29, 1.82) is 0 Å². The lowest BCUT2D eigenvalue weighted by Crippen LogP contribution is -2.17. The first kappa shape index (κ1) is 20.5. The largest absolute Gasteiger partial charge is 0.493 e. The van der Waals surface area contributed by atoms with Crippen molar-refractivity contribution in [2.45, 2.75) is 32.6 Å². The molecule has 10 nitrogen and oxygen atoms in total. The monoisotopic (exact) mass is 400 g/mol. The highest BCUT2D eigenvalue weighted by Gasteiger charge is 2.23.